The quantitative estimate of drug-likeness (QED) is 0.503. The van der Waals surface area contributed by atoms with Crippen molar-refractivity contribution in [2.45, 2.75) is 43.5 Å². The van der Waals surface area contributed by atoms with Crippen molar-refractivity contribution in [3.63, 3.8) is 0 Å². The molecule has 2 aliphatic rings. The average molecular weight is 491 g/mol. The third-order valence-corrected chi connectivity index (χ3v) is 9.24. The second kappa shape index (κ2) is 9.47. The highest BCUT2D eigenvalue weighted by atomic mass is 35.5. The number of sulfonamides is 1. The summed E-state index contributed by atoms with van der Waals surface area (Å²) in [7, 11) is -4.14. The first-order valence-corrected chi connectivity index (χ1v) is 13.0. The van der Waals surface area contributed by atoms with Crippen LogP contribution < -0.4 is 9.62 Å². The van der Waals surface area contributed by atoms with Gasteiger partial charge >= 0.3 is 0 Å². The van der Waals surface area contributed by atoms with Gasteiger partial charge in [0, 0.05) is 11.6 Å². The number of halogens is 2. The SMILES string of the molecule is C=CCN(c1ccc(F)cc1)S(=O)(=O)c1cc(C(=O)N[C@@H](C)[C@@H]2C[C@@H]3CC[C@@H]2C3)ccc1Cl. The van der Waals surface area contributed by atoms with E-state index in [4.69, 9.17) is 11.6 Å². The fourth-order valence-corrected chi connectivity index (χ4v) is 7.27. The lowest BCUT2D eigenvalue weighted by molar-refractivity contribution is 0.0915. The molecule has 8 heteroatoms. The van der Waals surface area contributed by atoms with Crippen LogP contribution in [0.1, 0.15) is 43.0 Å². The molecule has 4 rings (SSSR count). The molecule has 0 saturated heterocycles. The van der Waals surface area contributed by atoms with Gasteiger partial charge in [-0.1, -0.05) is 24.1 Å². The molecule has 0 heterocycles. The van der Waals surface area contributed by atoms with Gasteiger partial charge in [0.05, 0.1) is 17.3 Å². The van der Waals surface area contributed by atoms with Gasteiger partial charge in [-0.25, -0.2) is 12.8 Å². The Hall–Kier alpha value is -2.38. The summed E-state index contributed by atoms with van der Waals surface area (Å²) in [6.45, 7) is 5.61. The summed E-state index contributed by atoms with van der Waals surface area (Å²) in [4.78, 5) is 12.8. The summed E-state index contributed by atoms with van der Waals surface area (Å²) in [5.74, 6) is 1.10. The highest BCUT2D eigenvalue weighted by molar-refractivity contribution is 7.93. The zero-order valence-corrected chi connectivity index (χ0v) is 20.1. The number of nitrogens with zero attached hydrogens (tertiary/aromatic N) is 1. The van der Waals surface area contributed by atoms with Crippen LogP contribution in [0.25, 0.3) is 0 Å². The van der Waals surface area contributed by atoms with Gasteiger partial charge in [-0.3, -0.25) is 9.10 Å². The Balaban J connectivity index is 1.59. The molecule has 0 aliphatic heterocycles. The molecule has 2 fully saturated rings. The molecule has 1 amide bonds. The van der Waals surface area contributed by atoms with E-state index < -0.39 is 15.8 Å². The number of rotatable bonds is 8. The Morgan fingerprint density at radius 1 is 1.24 bits per heavy atom. The van der Waals surface area contributed by atoms with E-state index in [-0.39, 0.29) is 39.7 Å². The predicted molar refractivity (Wildman–Crippen MR) is 128 cm³/mol. The zero-order valence-electron chi connectivity index (χ0n) is 18.5. The van der Waals surface area contributed by atoms with Gasteiger partial charge < -0.3 is 5.32 Å². The molecule has 0 spiro atoms. The van der Waals surface area contributed by atoms with Crippen molar-refractivity contribution in [1.29, 1.82) is 0 Å². The van der Waals surface area contributed by atoms with Crippen molar-refractivity contribution in [3.05, 3.63) is 71.5 Å². The summed E-state index contributed by atoms with van der Waals surface area (Å²) in [5.41, 5.74) is 0.498. The average Bonchev–Trinajstić information content (AvgIpc) is 3.42. The summed E-state index contributed by atoms with van der Waals surface area (Å²) in [6, 6.07) is 9.38. The van der Waals surface area contributed by atoms with Gasteiger partial charge in [0.2, 0.25) is 0 Å². The molecule has 5 nitrogen and oxygen atoms in total. The van der Waals surface area contributed by atoms with Crippen molar-refractivity contribution in [2.24, 2.45) is 17.8 Å². The number of nitrogens with one attached hydrogen (secondary N) is 1. The first-order chi connectivity index (χ1) is 15.7. The summed E-state index contributed by atoms with van der Waals surface area (Å²) in [5, 5.41) is 3.07. The van der Waals surface area contributed by atoms with Crippen molar-refractivity contribution in [3.8, 4) is 0 Å². The predicted octanol–water partition coefficient (Wildman–Crippen LogP) is 5.41. The molecule has 2 aromatic carbocycles. The minimum absolute atomic E-state index is 0.00359. The van der Waals surface area contributed by atoms with Gasteiger partial charge in [0.15, 0.2) is 0 Å². The number of carbonyl (C=O) groups is 1. The van der Waals surface area contributed by atoms with E-state index in [9.17, 15) is 17.6 Å². The van der Waals surface area contributed by atoms with Gasteiger partial charge in [0.25, 0.3) is 15.9 Å². The van der Waals surface area contributed by atoms with E-state index in [1.54, 1.807) is 0 Å². The van der Waals surface area contributed by atoms with Crippen LogP contribution in [0.4, 0.5) is 10.1 Å². The van der Waals surface area contributed by atoms with Crippen LogP contribution in [0.3, 0.4) is 0 Å². The zero-order chi connectivity index (χ0) is 23.8. The Morgan fingerprint density at radius 2 is 1.97 bits per heavy atom. The molecule has 0 unspecified atom stereocenters. The van der Waals surface area contributed by atoms with Crippen molar-refractivity contribution in [1.82, 2.24) is 5.32 Å². The molecule has 2 saturated carbocycles. The molecule has 0 radical (unpaired) electrons. The standard InChI is InChI=1S/C25H28ClFN2O3S/c1-3-12-29(21-9-7-20(27)8-10-21)33(31,32)24-15-19(6-11-23(24)26)25(30)28-16(2)22-14-17-4-5-18(22)13-17/h3,6-11,15-18,22H,1,4-5,12-14H2,2H3,(H,28,30)/t16-,17+,18+,22-/m0/s1. The lowest BCUT2D eigenvalue weighted by Crippen LogP contribution is -2.40. The van der Waals surface area contributed by atoms with Crippen molar-refractivity contribution in [2.75, 3.05) is 10.8 Å². The molecule has 2 aliphatic carbocycles. The second-order valence-corrected chi connectivity index (χ2v) is 11.3. The van der Waals surface area contributed by atoms with Gasteiger partial charge in [-0.15, -0.1) is 6.58 Å². The molecule has 2 aromatic rings. The van der Waals surface area contributed by atoms with Crippen LogP contribution in [-0.4, -0.2) is 26.9 Å². The van der Waals surface area contributed by atoms with Crippen molar-refractivity contribution < 1.29 is 17.6 Å². The largest absolute Gasteiger partial charge is 0.349 e. The smallest absolute Gasteiger partial charge is 0.266 e. The minimum atomic E-state index is -4.14. The van der Waals surface area contributed by atoms with E-state index in [1.807, 2.05) is 6.92 Å². The monoisotopic (exact) mass is 490 g/mol. The normalized spacial score (nSPS) is 22.7. The Labute approximate surface area is 199 Å². The number of amides is 1. The molecule has 33 heavy (non-hydrogen) atoms. The molecular weight excluding hydrogens is 463 g/mol. The molecule has 176 valence electrons. The number of hydrogen-bond acceptors (Lipinski definition) is 3. The molecular formula is C25H28ClFN2O3S. The van der Waals surface area contributed by atoms with Crippen LogP contribution in [0.15, 0.2) is 60.0 Å². The number of carbonyl (C=O) groups excluding carboxylic acids is 1. The van der Waals surface area contributed by atoms with Gasteiger partial charge in [0.1, 0.15) is 10.7 Å². The topological polar surface area (TPSA) is 66.5 Å². The van der Waals surface area contributed by atoms with Crippen LogP contribution in [0.2, 0.25) is 5.02 Å². The minimum Gasteiger partial charge on any atom is -0.349 e. The first-order valence-electron chi connectivity index (χ1n) is 11.2. The lowest BCUT2D eigenvalue weighted by Gasteiger charge is -2.28. The Kier molecular flexibility index (Phi) is 6.82. The lowest BCUT2D eigenvalue weighted by atomic mass is 9.84. The van der Waals surface area contributed by atoms with E-state index in [2.05, 4.69) is 11.9 Å². The number of hydrogen-bond donors (Lipinski definition) is 1. The highest BCUT2D eigenvalue weighted by Gasteiger charge is 2.42. The fourth-order valence-electron chi connectivity index (χ4n) is 5.33. The maximum atomic E-state index is 13.5. The summed E-state index contributed by atoms with van der Waals surface area (Å²) >= 11 is 6.27. The molecule has 1 N–H and O–H groups in total. The molecule has 0 aromatic heterocycles. The third-order valence-electron chi connectivity index (χ3n) is 6.96. The summed E-state index contributed by atoms with van der Waals surface area (Å²) in [6.07, 6.45) is 6.33. The number of benzene rings is 2. The van der Waals surface area contributed by atoms with Crippen LogP contribution >= 0.6 is 11.6 Å². The van der Waals surface area contributed by atoms with E-state index in [1.165, 1.54) is 67.8 Å². The van der Waals surface area contributed by atoms with Crippen molar-refractivity contribution >= 4 is 33.2 Å². The molecule has 4 atom stereocenters. The summed E-state index contributed by atoms with van der Waals surface area (Å²) < 4.78 is 41.4. The maximum absolute atomic E-state index is 13.5. The Morgan fingerprint density at radius 3 is 2.58 bits per heavy atom. The molecule has 2 bridgehead atoms. The van der Waals surface area contributed by atoms with E-state index in [0.29, 0.717) is 11.8 Å². The van der Waals surface area contributed by atoms with E-state index in [0.717, 1.165) is 16.6 Å². The maximum Gasteiger partial charge on any atom is 0.266 e. The number of anilines is 1. The van der Waals surface area contributed by atoms with Crippen LogP contribution in [-0.2, 0) is 10.0 Å². The van der Waals surface area contributed by atoms with Gasteiger partial charge in [-0.05, 0) is 86.4 Å². The highest BCUT2D eigenvalue weighted by Crippen LogP contribution is 2.49. The number of fused-ring (bicyclic) bond motifs is 2. The van der Waals surface area contributed by atoms with E-state index >= 15 is 0 Å². The van der Waals surface area contributed by atoms with Crippen LogP contribution in [0.5, 0.6) is 0 Å². The van der Waals surface area contributed by atoms with Crippen LogP contribution in [0, 0.1) is 23.6 Å². The fraction of sp³-hybridized carbons (Fsp3) is 0.400. The Bertz CT molecular complexity index is 1150. The second-order valence-electron chi connectivity index (χ2n) is 9.05. The first kappa shape index (κ1) is 23.8. The third kappa shape index (κ3) is 4.80. The van der Waals surface area contributed by atoms with Gasteiger partial charge in [-0.2, -0.15) is 0 Å².